The lowest BCUT2D eigenvalue weighted by atomic mass is 10.1. The zero-order chi connectivity index (χ0) is 13.7. The second-order valence-electron chi connectivity index (χ2n) is 5.15. The fourth-order valence-electron chi connectivity index (χ4n) is 1.98. The molecule has 0 heterocycles. The van der Waals surface area contributed by atoms with E-state index in [0.717, 1.165) is 11.1 Å². The molecule has 18 heavy (non-hydrogen) atoms. The quantitative estimate of drug-likeness (QED) is 0.868. The minimum Gasteiger partial charge on any atom is -0.392 e. The van der Waals surface area contributed by atoms with Crippen LogP contribution in [-0.4, -0.2) is 34.6 Å². The summed E-state index contributed by atoms with van der Waals surface area (Å²) in [5, 5.41) is 9.44. The van der Waals surface area contributed by atoms with Crippen LogP contribution in [0.2, 0.25) is 0 Å². The third-order valence-electron chi connectivity index (χ3n) is 2.84. The van der Waals surface area contributed by atoms with Gasteiger partial charge in [-0.05, 0) is 33.3 Å². The van der Waals surface area contributed by atoms with Crippen LogP contribution >= 0.6 is 0 Å². The summed E-state index contributed by atoms with van der Waals surface area (Å²) in [5.41, 5.74) is 2.18. The van der Waals surface area contributed by atoms with Crippen LogP contribution in [0.15, 0.2) is 24.3 Å². The molecule has 0 fully saturated rings. The van der Waals surface area contributed by atoms with E-state index in [1.807, 2.05) is 45.0 Å². The highest BCUT2D eigenvalue weighted by Crippen LogP contribution is 2.09. The molecule has 1 rings (SSSR count). The molecule has 0 bridgehead atoms. The molecule has 100 valence electrons. The van der Waals surface area contributed by atoms with Gasteiger partial charge in [-0.3, -0.25) is 4.79 Å². The number of benzene rings is 1. The predicted molar refractivity (Wildman–Crippen MR) is 73.4 cm³/mol. The zero-order valence-electron chi connectivity index (χ0n) is 11.7. The standard InChI is InChI=1S/C15H23NO2/c1-11(2)16(10-13(4)17)15(18)9-14-7-5-6-12(3)8-14/h5-8,11,13,17H,9-10H2,1-4H3. The Bertz CT molecular complexity index is 399. The Morgan fingerprint density at radius 3 is 2.50 bits per heavy atom. The van der Waals surface area contributed by atoms with Crippen LogP contribution in [0.25, 0.3) is 0 Å². The van der Waals surface area contributed by atoms with Crippen molar-refractivity contribution in [2.75, 3.05) is 6.54 Å². The number of carbonyl (C=O) groups excluding carboxylic acids is 1. The molecule has 0 spiro atoms. The van der Waals surface area contributed by atoms with E-state index in [2.05, 4.69) is 0 Å². The van der Waals surface area contributed by atoms with Crippen molar-refractivity contribution in [1.82, 2.24) is 4.90 Å². The van der Waals surface area contributed by atoms with Gasteiger partial charge in [0, 0.05) is 12.6 Å². The van der Waals surface area contributed by atoms with E-state index in [0.29, 0.717) is 13.0 Å². The van der Waals surface area contributed by atoms with E-state index in [1.54, 1.807) is 11.8 Å². The minimum absolute atomic E-state index is 0.0662. The van der Waals surface area contributed by atoms with Crippen molar-refractivity contribution in [1.29, 1.82) is 0 Å². The predicted octanol–water partition coefficient (Wildman–Crippen LogP) is 2.16. The second-order valence-corrected chi connectivity index (χ2v) is 5.15. The van der Waals surface area contributed by atoms with Crippen LogP contribution in [-0.2, 0) is 11.2 Å². The third kappa shape index (κ3) is 4.49. The summed E-state index contributed by atoms with van der Waals surface area (Å²) in [4.78, 5) is 13.9. The Balaban J connectivity index is 2.72. The first-order valence-corrected chi connectivity index (χ1v) is 6.43. The summed E-state index contributed by atoms with van der Waals surface area (Å²) >= 11 is 0. The SMILES string of the molecule is Cc1cccc(CC(=O)N(CC(C)O)C(C)C)c1. The van der Waals surface area contributed by atoms with Crippen molar-refractivity contribution in [2.24, 2.45) is 0 Å². The summed E-state index contributed by atoms with van der Waals surface area (Å²) in [6, 6.07) is 8.08. The molecule has 0 aliphatic carbocycles. The number of carbonyl (C=O) groups is 1. The van der Waals surface area contributed by atoms with Gasteiger partial charge in [-0.15, -0.1) is 0 Å². The largest absolute Gasteiger partial charge is 0.392 e. The molecular formula is C15H23NO2. The van der Waals surface area contributed by atoms with Crippen molar-refractivity contribution < 1.29 is 9.90 Å². The molecular weight excluding hydrogens is 226 g/mol. The first kappa shape index (κ1) is 14.7. The smallest absolute Gasteiger partial charge is 0.227 e. The van der Waals surface area contributed by atoms with Gasteiger partial charge in [0.1, 0.15) is 0 Å². The molecule has 0 saturated carbocycles. The highest BCUT2D eigenvalue weighted by atomic mass is 16.3. The van der Waals surface area contributed by atoms with Gasteiger partial charge in [0.25, 0.3) is 0 Å². The Kier molecular flexibility index (Phi) is 5.35. The minimum atomic E-state index is -0.492. The number of aliphatic hydroxyl groups is 1. The lowest BCUT2D eigenvalue weighted by molar-refractivity contribution is -0.133. The van der Waals surface area contributed by atoms with Crippen molar-refractivity contribution in [3.63, 3.8) is 0 Å². The molecule has 1 amide bonds. The number of amides is 1. The Morgan fingerprint density at radius 2 is 2.00 bits per heavy atom. The van der Waals surface area contributed by atoms with E-state index < -0.39 is 6.10 Å². The average Bonchev–Trinajstić information content (AvgIpc) is 2.25. The van der Waals surface area contributed by atoms with Crippen molar-refractivity contribution in [3.05, 3.63) is 35.4 Å². The number of rotatable bonds is 5. The summed E-state index contributed by atoms with van der Waals surface area (Å²) in [5.74, 6) is 0.0662. The Hall–Kier alpha value is -1.35. The van der Waals surface area contributed by atoms with Gasteiger partial charge < -0.3 is 10.0 Å². The number of hydrogen-bond acceptors (Lipinski definition) is 2. The molecule has 0 aromatic heterocycles. The van der Waals surface area contributed by atoms with Crippen molar-refractivity contribution in [2.45, 2.75) is 46.3 Å². The maximum Gasteiger partial charge on any atom is 0.227 e. The fourth-order valence-corrected chi connectivity index (χ4v) is 1.98. The number of nitrogens with zero attached hydrogens (tertiary/aromatic N) is 1. The first-order chi connectivity index (χ1) is 8.40. The summed E-state index contributed by atoms with van der Waals surface area (Å²) in [6.07, 6.45) is -0.0964. The molecule has 0 aliphatic heterocycles. The van der Waals surface area contributed by atoms with E-state index >= 15 is 0 Å². The van der Waals surface area contributed by atoms with Crippen LogP contribution in [0, 0.1) is 6.92 Å². The molecule has 1 N–H and O–H groups in total. The first-order valence-electron chi connectivity index (χ1n) is 6.43. The highest BCUT2D eigenvalue weighted by molar-refractivity contribution is 5.79. The number of aryl methyl sites for hydroxylation is 1. The van der Waals surface area contributed by atoms with Gasteiger partial charge in [0.15, 0.2) is 0 Å². The molecule has 0 aliphatic rings. The van der Waals surface area contributed by atoms with Gasteiger partial charge in [-0.2, -0.15) is 0 Å². The number of aliphatic hydroxyl groups excluding tert-OH is 1. The van der Waals surface area contributed by atoms with Crippen molar-refractivity contribution in [3.8, 4) is 0 Å². The molecule has 1 aromatic rings. The normalized spacial score (nSPS) is 12.6. The maximum atomic E-state index is 12.2. The van der Waals surface area contributed by atoms with Crippen molar-refractivity contribution >= 4 is 5.91 Å². The van der Waals surface area contributed by atoms with Gasteiger partial charge in [-0.1, -0.05) is 29.8 Å². The van der Waals surface area contributed by atoms with Gasteiger partial charge in [0.2, 0.25) is 5.91 Å². The van der Waals surface area contributed by atoms with Gasteiger partial charge >= 0.3 is 0 Å². The van der Waals surface area contributed by atoms with E-state index in [-0.39, 0.29) is 11.9 Å². The van der Waals surface area contributed by atoms with Crippen LogP contribution < -0.4 is 0 Å². The summed E-state index contributed by atoms with van der Waals surface area (Å²) in [6.45, 7) is 8.05. The average molecular weight is 249 g/mol. The van der Waals surface area contributed by atoms with Gasteiger partial charge in [0.05, 0.1) is 12.5 Å². The molecule has 3 heteroatoms. The fraction of sp³-hybridized carbons (Fsp3) is 0.533. The molecule has 1 aromatic carbocycles. The second kappa shape index (κ2) is 6.55. The lowest BCUT2D eigenvalue weighted by Gasteiger charge is -2.28. The molecule has 1 unspecified atom stereocenters. The van der Waals surface area contributed by atoms with Crippen LogP contribution in [0.5, 0.6) is 0 Å². The maximum absolute atomic E-state index is 12.2. The van der Waals surface area contributed by atoms with Gasteiger partial charge in [-0.25, -0.2) is 0 Å². The Morgan fingerprint density at radius 1 is 1.33 bits per heavy atom. The topological polar surface area (TPSA) is 40.5 Å². The zero-order valence-corrected chi connectivity index (χ0v) is 11.7. The van der Waals surface area contributed by atoms with E-state index in [4.69, 9.17) is 0 Å². The summed E-state index contributed by atoms with van der Waals surface area (Å²) < 4.78 is 0. The molecule has 3 nitrogen and oxygen atoms in total. The van der Waals surface area contributed by atoms with Crippen LogP contribution in [0.1, 0.15) is 31.9 Å². The van der Waals surface area contributed by atoms with Crippen LogP contribution in [0.4, 0.5) is 0 Å². The lowest BCUT2D eigenvalue weighted by Crippen LogP contribution is -2.42. The highest BCUT2D eigenvalue weighted by Gasteiger charge is 2.18. The summed E-state index contributed by atoms with van der Waals surface area (Å²) in [7, 11) is 0. The van der Waals surface area contributed by atoms with E-state index in [1.165, 1.54) is 0 Å². The third-order valence-corrected chi connectivity index (χ3v) is 2.84. The molecule has 0 radical (unpaired) electrons. The monoisotopic (exact) mass is 249 g/mol. The molecule has 0 saturated heterocycles. The van der Waals surface area contributed by atoms with E-state index in [9.17, 15) is 9.90 Å². The number of hydrogen-bond donors (Lipinski definition) is 1. The molecule has 1 atom stereocenters. The Labute approximate surface area is 109 Å². The van der Waals surface area contributed by atoms with Crippen LogP contribution in [0.3, 0.4) is 0 Å².